The Bertz CT molecular complexity index is 580. The summed E-state index contributed by atoms with van der Waals surface area (Å²) in [4.78, 5) is 12.3. The predicted octanol–water partition coefficient (Wildman–Crippen LogP) is 3.64. The standard InChI is InChI=1S/C14H17N3OS2/c1-4-15-13-16-17-14(20-13)19-10(3)12(18)11-7-5-9(2)6-8-11/h5-8,10H,4H2,1-3H3,(H,15,16)/t10-/m1/s1. The number of aryl methyl sites for hydroxylation is 1. The number of anilines is 1. The van der Waals surface area contributed by atoms with Crippen LogP contribution in [0, 0.1) is 6.92 Å². The summed E-state index contributed by atoms with van der Waals surface area (Å²) >= 11 is 2.93. The van der Waals surface area contributed by atoms with Crippen LogP contribution in [0.15, 0.2) is 28.6 Å². The first-order chi connectivity index (χ1) is 9.60. The van der Waals surface area contributed by atoms with E-state index in [0.717, 1.165) is 27.1 Å². The third-order valence-electron chi connectivity index (χ3n) is 2.72. The van der Waals surface area contributed by atoms with E-state index in [1.807, 2.05) is 45.0 Å². The van der Waals surface area contributed by atoms with Gasteiger partial charge in [0.25, 0.3) is 0 Å². The number of benzene rings is 1. The SMILES string of the molecule is CCNc1nnc(S[C@H](C)C(=O)c2ccc(C)cc2)s1. The summed E-state index contributed by atoms with van der Waals surface area (Å²) in [6.07, 6.45) is 0. The molecule has 1 aromatic heterocycles. The Morgan fingerprint density at radius 3 is 2.70 bits per heavy atom. The summed E-state index contributed by atoms with van der Waals surface area (Å²) in [5, 5.41) is 11.9. The Kier molecular flexibility index (Phi) is 5.14. The minimum absolute atomic E-state index is 0.121. The number of ketones is 1. The topological polar surface area (TPSA) is 54.9 Å². The number of carbonyl (C=O) groups is 1. The fourth-order valence-corrected chi connectivity index (χ4v) is 3.68. The average Bonchev–Trinajstić information content (AvgIpc) is 2.86. The van der Waals surface area contributed by atoms with Crippen molar-refractivity contribution in [2.24, 2.45) is 0 Å². The van der Waals surface area contributed by atoms with Gasteiger partial charge in [-0.2, -0.15) is 0 Å². The highest BCUT2D eigenvalue weighted by atomic mass is 32.2. The van der Waals surface area contributed by atoms with Crippen molar-refractivity contribution in [1.82, 2.24) is 10.2 Å². The second kappa shape index (κ2) is 6.85. The van der Waals surface area contributed by atoms with Gasteiger partial charge in [0.15, 0.2) is 10.1 Å². The molecule has 0 aliphatic heterocycles. The molecule has 0 aliphatic rings. The number of nitrogens with zero attached hydrogens (tertiary/aromatic N) is 2. The summed E-state index contributed by atoms with van der Waals surface area (Å²) in [7, 11) is 0. The molecule has 1 aromatic carbocycles. The Hall–Kier alpha value is -1.40. The third kappa shape index (κ3) is 3.80. The van der Waals surface area contributed by atoms with Crippen molar-refractivity contribution < 1.29 is 4.79 Å². The van der Waals surface area contributed by atoms with E-state index in [-0.39, 0.29) is 11.0 Å². The maximum Gasteiger partial charge on any atom is 0.206 e. The van der Waals surface area contributed by atoms with E-state index < -0.39 is 0 Å². The van der Waals surface area contributed by atoms with Crippen molar-refractivity contribution in [2.45, 2.75) is 30.4 Å². The lowest BCUT2D eigenvalue weighted by atomic mass is 10.1. The average molecular weight is 307 g/mol. The molecule has 6 heteroatoms. The fraction of sp³-hybridized carbons (Fsp3) is 0.357. The third-order valence-corrected chi connectivity index (χ3v) is 4.78. The molecule has 0 unspecified atom stereocenters. The molecule has 20 heavy (non-hydrogen) atoms. The number of hydrogen-bond acceptors (Lipinski definition) is 6. The summed E-state index contributed by atoms with van der Waals surface area (Å²) in [6, 6.07) is 7.66. The van der Waals surface area contributed by atoms with Crippen LogP contribution in [0.2, 0.25) is 0 Å². The van der Waals surface area contributed by atoms with Gasteiger partial charge in [0.2, 0.25) is 5.13 Å². The van der Waals surface area contributed by atoms with E-state index in [1.165, 1.54) is 23.1 Å². The fourth-order valence-electron chi connectivity index (χ4n) is 1.64. The van der Waals surface area contributed by atoms with Crippen LogP contribution in [0.3, 0.4) is 0 Å². The van der Waals surface area contributed by atoms with Crippen molar-refractivity contribution in [2.75, 3.05) is 11.9 Å². The van der Waals surface area contributed by atoms with Crippen molar-refractivity contribution in [3.63, 3.8) is 0 Å². The Morgan fingerprint density at radius 2 is 2.05 bits per heavy atom. The van der Waals surface area contributed by atoms with Gasteiger partial charge in [0.1, 0.15) is 0 Å². The molecule has 0 spiro atoms. The van der Waals surface area contributed by atoms with Crippen LogP contribution in [-0.2, 0) is 0 Å². The molecule has 2 rings (SSSR count). The monoisotopic (exact) mass is 307 g/mol. The highest BCUT2D eigenvalue weighted by molar-refractivity contribution is 8.02. The lowest BCUT2D eigenvalue weighted by molar-refractivity contribution is 0.0994. The molecule has 106 valence electrons. The summed E-state index contributed by atoms with van der Waals surface area (Å²) < 4.78 is 0.814. The van der Waals surface area contributed by atoms with Crippen molar-refractivity contribution in [1.29, 1.82) is 0 Å². The van der Waals surface area contributed by atoms with Crippen LogP contribution in [0.5, 0.6) is 0 Å². The van der Waals surface area contributed by atoms with Crippen LogP contribution >= 0.6 is 23.1 Å². The number of aromatic nitrogens is 2. The zero-order chi connectivity index (χ0) is 14.5. The number of Topliss-reactive ketones (excluding diaryl/α,β-unsaturated/α-hetero) is 1. The molecule has 4 nitrogen and oxygen atoms in total. The van der Waals surface area contributed by atoms with Gasteiger partial charge in [-0.05, 0) is 20.8 Å². The van der Waals surface area contributed by atoms with Gasteiger partial charge in [0, 0.05) is 12.1 Å². The maximum absolute atomic E-state index is 12.3. The van der Waals surface area contributed by atoms with Gasteiger partial charge < -0.3 is 5.32 Å². The van der Waals surface area contributed by atoms with Crippen LogP contribution in [0.1, 0.15) is 29.8 Å². The van der Waals surface area contributed by atoms with Crippen molar-refractivity contribution >= 4 is 34.0 Å². The van der Waals surface area contributed by atoms with Crippen molar-refractivity contribution in [3.05, 3.63) is 35.4 Å². The molecule has 0 fully saturated rings. The number of hydrogen-bond donors (Lipinski definition) is 1. The minimum atomic E-state index is -0.167. The van der Waals surface area contributed by atoms with Crippen LogP contribution < -0.4 is 5.32 Å². The van der Waals surface area contributed by atoms with E-state index in [0.29, 0.717) is 0 Å². The number of carbonyl (C=O) groups excluding carboxylic acids is 1. The van der Waals surface area contributed by atoms with Gasteiger partial charge in [-0.3, -0.25) is 4.79 Å². The second-order valence-corrected chi connectivity index (χ2v) is 6.96. The summed E-state index contributed by atoms with van der Waals surface area (Å²) in [5.74, 6) is 0.121. The molecule has 0 bridgehead atoms. The minimum Gasteiger partial charge on any atom is -0.360 e. The lowest BCUT2D eigenvalue weighted by Crippen LogP contribution is -2.13. The molecule has 0 radical (unpaired) electrons. The highest BCUT2D eigenvalue weighted by Crippen LogP contribution is 2.30. The van der Waals surface area contributed by atoms with E-state index in [4.69, 9.17) is 0 Å². The molecule has 1 N–H and O–H groups in total. The molecular weight excluding hydrogens is 290 g/mol. The van der Waals surface area contributed by atoms with Gasteiger partial charge in [0.05, 0.1) is 5.25 Å². The first-order valence-electron chi connectivity index (χ1n) is 6.45. The summed E-state index contributed by atoms with van der Waals surface area (Å²) in [5.41, 5.74) is 1.90. The number of nitrogens with one attached hydrogen (secondary N) is 1. The zero-order valence-electron chi connectivity index (χ0n) is 11.7. The van der Waals surface area contributed by atoms with Gasteiger partial charge in [-0.25, -0.2) is 0 Å². The predicted molar refractivity (Wildman–Crippen MR) is 84.9 cm³/mol. The molecule has 0 saturated carbocycles. The molecule has 0 aliphatic carbocycles. The molecule has 1 heterocycles. The molecule has 1 atom stereocenters. The normalized spacial score (nSPS) is 12.2. The number of thioether (sulfide) groups is 1. The maximum atomic E-state index is 12.3. The van der Waals surface area contributed by atoms with E-state index in [1.54, 1.807) is 0 Å². The van der Waals surface area contributed by atoms with Crippen LogP contribution in [0.4, 0.5) is 5.13 Å². The molecule has 0 saturated heterocycles. The van der Waals surface area contributed by atoms with Gasteiger partial charge >= 0.3 is 0 Å². The largest absolute Gasteiger partial charge is 0.360 e. The Balaban J connectivity index is 2.01. The van der Waals surface area contributed by atoms with Crippen LogP contribution in [0.25, 0.3) is 0 Å². The van der Waals surface area contributed by atoms with Gasteiger partial charge in [-0.1, -0.05) is 52.9 Å². The smallest absolute Gasteiger partial charge is 0.206 e. The molecule has 0 amide bonds. The van der Waals surface area contributed by atoms with E-state index >= 15 is 0 Å². The first-order valence-corrected chi connectivity index (χ1v) is 8.14. The van der Waals surface area contributed by atoms with Gasteiger partial charge in [-0.15, -0.1) is 10.2 Å². The second-order valence-electron chi connectivity index (χ2n) is 4.39. The van der Waals surface area contributed by atoms with E-state index in [2.05, 4.69) is 15.5 Å². The van der Waals surface area contributed by atoms with Crippen molar-refractivity contribution in [3.8, 4) is 0 Å². The summed E-state index contributed by atoms with van der Waals surface area (Å²) in [6.45, 7) is 6.74. The Morgan fingerprint density at radius 1 is 1.35 bits per heavy atom. The highest BCUT2D eigenvalue weighted by Gasteiger charge is 2.18. The number of rotatable bonds is 6. The Labute approximate surface area is 127 Å². The first kappa shape index (κ1) is 15.0. The zero-order valence-corrected chi connectivity index (χ0v) is 13.3. The lowest BCUT2D eigenvalue weighted by Gasteiger charge is -2.08. The molecular formula is C14H17N3OS2. The quantitative estimate of drug-likeness (QED) is 0.652. The van der Waals surface area contributed by atoms with E-state index in [9.17, 15) is 4.79 Å². The van der Waals surface area contributed by atoms with Crippen LogP contribution in [-0.4, -0.2) is 27.8 Å². The molecule has 2 aromatic rings.